The molecule has 0 aliphatic heterocycles. The van der Waals surface area contributed by atoms with Crippen LogP contribution in [0.1, 0.15) is 36.8 Å². The molecule has 0 atom stereocenters. The Kier molecular flexibility index (Phi) is 10.00. The molecule has 2 rings (SSSR count). The highest BCUT2D eigenvalue weighted by atomic mass is 19.1. The van der Waals surface area contributed by atoms with Crippen LogP contribution >= 0.6 is 0 Å². The van der Waals surface area contributed by atoms with E-state index in [1.165, 1.54) is 36.4 Å². The van der Waals surface area contributed by atoms with Gasteiger partial charge >= 0.3 is 0 Å². The highest BCUT2D eigenvalue weighted by molar-refractivity contribution is 5.92. The lowest BCUT2D eigenvalue weighted by atomic mass is 10.2. The van der Waals surface area contributed by atoms with Crippen molar-refractivity contribution < 1.29 is 18.4 Å². The van der Waals surface area contributed by atoms with E-state index in [1.807, 2.05) is 0 Å². The van der Waals surface area contributed by atoms with E-state index in [0.717, 1.165) is 36.8 Å². The molecule has 0 aromatic heterocycles. The zero-order valence-electron chi connectivity index (χ0n) is 16.7. The van der Waals surface area contributed by atoms with E-state index >= 15 is 0 Å². The first-order chi connectivity index (χ1) is 14.5. The van der Waals surface area contributed by atoms with Crippen LogP contribution in [0.25, 0.3) is 12.2 Å². The largest absolute Gasteiger partial charge is 0.353 e. The Morgan fingerprint density at radius 2 is 1.00 bits per heavy atom. The quantitative estimate of drug-likeness (QED) is 0.422. The van der Waals surface area contributed by atoms with Crippen molar-refractivity contribution in [3.05, 3.63) is 83.4 Å². The third-order valence-corrected chi connectivity index (χ3v) is 4.30. The topological polar surface area (TPSA) is 58.2 Å². The number of halogens is 2. The van der Waals surface area contributed by atoms with Crippen molar-refractivity contribution >= 4 is 24.0 Å². The molecule has 2 amide bonds. The second kappa shape index (κ2) is 13.0. The molecule has 0 aliphatic carbocycles. The Morgan fingerprint density at radius 1 is 0.633 bits per heavy atom. The van der Waals surface area contributed by atoms with Crippen LogP contribution in [-0.4, -0.2) is 24.9 Å². The zero-order valence-corrected chi connectivity index (χ0v) is 16.7. The molecule has 0 spiro atoms. The number of rotatable bonds is 11. The van der Waals surface area contributed by atoms with Gasteiger partial charge in [0.25, 0.3) is 0 Å². The fourth-order valence-corrected chi connectivity index (χ4v) is 2.64. The highest BCUT2D eigenvalue weighted by Crippen LogP contribution is 2.05. The van der Waals surface area contributed by atoms with Gasteiger partial charge in [-0.15, -0.1) is 0 Å². The summed E-state index contributed by atoms with van der Waals surface area (Å²) in [5.74, 6) is -0.977. The third kappa shape index (κ3) is 9.78. The molecule has 2 aromatic carbocycles. The average Bonchev–Trinajstić information content (AvgIpc) is 2.74. The van der Waals surface area contributed by atoms with Crippen molar-refractivity contribution in [1.29, 1.82) is 0 Å². The van der Waals surface area contributed by atoms with Gasteiger partial charge in [0, 0.05) is 25.2 Å². The van der Waals surface area contributed by atoms with Crippen molar-refractivity contribution in [3.8, 4) is 0 Å². The van der Waals surface area contributed by atoms with Crippen LogP contribution in [0.15, 0.2) is 60.7 Å². The second-order valence-electron chi connectivity index (χ2n) is 6.77. The van der Waals surface area contributed by atoms with Gasteiger partial charge in [-0.05, 0) is 60.4 Å². The molecule has 0 saturated carbocycles. The van der Waals surface area contributed by atoms with Gasteiger partial charge in [0.1, 0.15) is 11.6 Å². The summed E-state index contributed by atoms with van der Waals surface area (Å²) in [6.45, 7) is 1.17. The Balaban J connectivity index is 1.48. The first-order valence-electron chi connectivity index (χ1n) is 9.96. The van der Waals surface area contributed by atoms with Gasteiger partial charge in [0.05, 0.1) is 0 Å². The van der Waals surface area contributed by atoms with Crippen molar-refractivity contribution in [3.63, 3.8) is 0 Å². The molecular weight excluding hydrogens is 386 g/mol. The number of nitrogens with one attached hydrogen (secondary N) is 2. The lowest BCUT2D eigenvalue weighted by Crippen LogP contribution is -2.23. The molecule has 2 aromatic rings. The first-order valence-corrected chi connectivity index (χ1v) is 9.96. The lowest BCUT2D eigenvalue weighted by molar-refractivity contribution is -0.117. The normalized spacial score (nSPS) is 11.1. The van der Waals surface area contributed by atoms with Gasteiger partial charge < -0.3 is 10.6 Å². The molecule has 0 unspecified atom stereocenters. The molecule has 0 aliphatic rings. The van der Waals surface area contributed by atoms with Gasteiger partial charge in [0.15, 0.2) is 0 Å². The minimum Gasteiger partial charge on any atom is -0.353 e. The summed E-state index contributed by atoms with van der Waals surface area (Å²) in [7, 11) is 0. The van der Waals surface area contributed by atoms with Crippen LogP contribution in [0.3, 0.4) is 0 Å². The standard InChI is InChI=1S/C24H26F2N2O2/c25-21-11-5-19(6-12-21)9-15-23(29)27-17-3-1-2-4-18-28-24(30)16-10-20-7-13-22(26)14-8-20/h5-16H,1-4,17-18H2,(H,27,29)(H,28,30). The van der Waals surface area contributed by atoms with Crippen molar-refractivity contribution in [1.82, 2.24) is 10.6 Å². The minimum absolute atomic E-state index is 0.181. The molecule has 0 radical (unpaired) electrons. The van der Waals surface area contributed by atoms with Crippen LogP contribution in [0.2, 0.25) is 0 Å². The van der Waals surface area contributed by atoms with Gasteiger partial charge in [-0.25, -0.2) is 8.78 Å². The number of carbonyl (C=O) groups is 2. The predicted octanol–water partition coefficient (Wildman–Crippen LogP) is 4.48. The van der Waals surface area contributed by atoms with Gasteiger partial charge in [0.2, 0.25) is 11.8 Å². The second-order valence-corrected chi connectivity index (χ2v) is 6.77. The predicted molar refractivity (Wildman–Crippen MR) is 115 cm³/mol. The van der Waals surface area contributed by atoms with E-state index in [1.54, 1.807) is 36.4 Å². The molecule has 2 N–H and O–H groups in total. The third-order valence-electron chi connectivity index (χ3n) is 4.30. The van der Waals surface area contributed by atoms with Crippen molar-refractivity contribution in [2.45, 2.75) is 25.7 Å². The molecule has 158 valence electrons. The van der Waals surface area contributed by atoms with E-state index in [9.17, 15) is 18.4 Å². The smallest absolute Gasteiger partial charge is 0.243 e. The maximum absolute atomic E-state index is 12.8. The Labute approximate surface area is 175 Å². The van der Waals surface area contributed by atoms with Crippen LogP contribution in [0, 0.1) is 11.6 Å². The zero-order chi connectivity index (χ0) is 21.6. The summed E-state index contributed by atoms with van der Waals surface area (Å²) < 4.78 is 25.6. The molecule has 6 heteroatoms. The fraction of sp³-hybridized carbons (Fsp3) is 0.250. The SMILES string of the molecule is O=C(C=Cc1ccc(F)cc1)NCCCCCCNC(=O)C=Cc1ccc(F)cc1. The monoisotopic (exact) mass is 412 g/mol. The molecule has 0 fully saturated rings. The Bertz CT molecular complexity index is 786. The maximum Gasteiger partial charge on any atom is 0.243 e. The van der Waals surface area contributed by atoms with Crippen molar-refractivity contribution in [2.24, 2.45) is 0 Å². The van der Waals surface area contributed by atoms with E-state index in [-0.39, 0.29) is 23.4 Å². The molecule has 30 heavy (non-hydrogen) atoms. The molecular formula is C24H26F2N2O2. The molecule has 0 bridgehead atoms. The average molecular weight is 412 g/mol. The van der Waals surface area contributed by atoms with Crippen LogP contribution in [-0.2, 0) is 9.59 Å². The maximum atomic E-state index is 12.8. The van der Waals surface area contributed by atoms with E-state index in [2.05, 4.69) is 10.6 Å². The number of hydrogen-bond donors (Lipinski definition) is 2. The molecule has 4 nitrogen and oxygen atoms in total. The summed E-state index contributed by atoms with van der Waals surface area (Å²) in [6.07, 6.45) is 9.75. The summed E-state index contributed by atoms with van der Waals surface area (Å²) in [5, 5.41) is 5.61. The van der Waals surface area contributed by atoms with E-state index in [4.69, 9.17) is 0 Å². The summed E-state index contributed by atoms with van der Waals surface area (Å²) in [6, 6.07) is 11.8. The fourth-order valence-electron chi connectivity index (χ4n) is 2.64. The number of carbonyl (C=O) groups excluding carboxylic acids is 2. The summed E-state index contributed by atoms with van der Waals surface area (Å²) in [5.41, 5.74) is 1.53. The number of benzene rings is 2. The highest BCUT2D eigenvalue weighted by Gasteiger charge is 1.98. The van der Waals surface area contributed by atoms with E-state index in [0.29, 0.717) is 13.1 Å². The van der Waals surface area contributed by atoms with E-state index < -0.39 is 0 Å². The molecule has 0 saturated heterocycles. The Morgan fingerprint density at radius 3 is 1.37 bits per heavy atom. The van der Waals surface area contributed by atoms with Crippen LogP contribution < -0.4 is 10.6 Å². The van der Waals surface area contributed by atoms with Crippen LogP contribution in [0.5, 0.6) is 0 Å². The summed E-state index contributed by atoms with van der Waals surface area (Å²) in [4.78, 5) is 23.5. The lowest BCUT2D eigenvalue weighted by Gasteiger charge is -2.04. The van der Waals surface area contributed by atoms with Crippen LogP contribution in [0.4, 0.5) is 8.78 Å². The van der Waals surface area contributed by atoms with Gasteiger partial charge in [-0.1, -0.05) is 37.1 Å². The number of hydrogen-bond acceptors (Lipinski definition) is 2. The first kappa shape index (κ1) is 23.0. The van der Waals surface area contributed by atoms with Gasteiger partial charge in [-0.2, -0.15) is 0 Å². The number of unbranched alkanes of at least 4 members (excludes halogenated alkanes) is 3. The molecule has 0 heterocycles. The van der Waals surface area contributed by atoms with Crippen molar-refractivity contribution in [2.75, 3.05) is 13.1 Å². The summed E-state index contributed by atoms with van der Waals surface area (Å²) >= 11 is 0. The van der Waals surface area contributed by atoms with Gasteiger partial charge in [-0.3, -0.25) is 9.59 Å². The number of amides is 2. The minimum atomic E-state index is -0.308. The Hall–Kier alpha value is -3.28.